The molecule has 6 heteroatoms. The second-order valence-corrected chi connectivity index (χ2v) is 6.47. The van der Waals surface area contributed by atoms with Crippen LogP contribution >= 0.6 is 22.9 Å². The van der Waals surface area contributed by atoms with Crippen molar-refractivity contribution < 1.29 is 14.6 Å². The summed E-state index contributed by atoms with van der Waals surface area (Å²) in [5, 5.41) is 12.2. The van der Waals surface area contributed by atoms with Gasteiger partial charge in [0.15, 0.2) is 0 Å². The Kier molecular flexibility index (Phi) is 6.24. The van der Waals surface area contributed by atoms with Crippen LogP contribution in [-0.2, 0) is 17.8 Å². The Bertz CT molecular complexity index is 642. The summed E-state index contributed by atoms with van der Waals surface area (Å²) in [6.45, 7) is 2.28. The van der Waals surface area contributed by atoms with Crippen LogP contribution in [0, 0.1) is 0 Å². The second kappa shape index (κ2) is 8.17. The molecule has 0 aliphatic rings. The van der Waals surface area contributed by atoms with Gasteiger partial charge < -0.3 is 15.2 Å². The van der Waals surface area contributed by atoms with Gasteiger partial charge in [0.2, 0.25) is 5.91 Å². The van der Waals surface area contributed by atoms with Crippen molar-refractivity contribution in [2.24, 2.45) is 0 Å². The molecule has 0 unspecified atom stereocenters. The van der Waals surface area contributed by atoms with Crippen molar-refractivity contribution in [3.05, 3.63) is 45.1 Å². The van der Waals surface area contributed by atoms with Gasteiger partial charge in [0.1, 0.15) is 5.75 Å². The van der Waals surface area contributed by atoms with Crippen LogP contribution in [-0.4, -0.2) is 17.6 Å². The Morgan fingerprint density at radius 1 is 1.36 bits per heavy atom. The number of thiophene rings is 1. The van der Waals surface area contributed by atoms with Crippen molar-refractivity contribution in [1.82, 2.24) is 0 Å². The topological polar surface area (TPSA) is 58.6 Å². The first-order chi connectivity index (χ1) is 10.6. The van der Waals surface area contributed by atoms with Crippen LogP contribution in [0.25, 0.3) is 0 Å². The van der Waals surface area contributed by atoms with Crippen LogP contribution in [0.5, 0.6) is 5.75 Å². The number of carbonyl (C=O) groups is 1. The van der Waals surface area contributed by atoms with Gasteiger partial charge in [-0.05, 0) is 43.7 Å². The molecule has 1 aromatic heterocycles. The van der Waals surface area contributed by atoms with Gasteiger partial charge in [-0.1, -0.05) is 11.6 Å². The summed E-state index contributed by atoms with van der Waals surface area (Å²) in [5.74, 6) is 0.564. The first-order valence-corrected chi connectivity index (χ1v) is 8.22. The second-order valence-electron chi connectivity index (χ2n) is 4.67. The maximum absolute atomic E-state index is 12.0. The number of halogens is 1. The molecular weight excluding hydrogens is 322 g/mol. The summed E-state index contributed by atoms with van der Waals surface area (Å²) in [4.78, 5) is 13.1. The molecular formula is C16H18ClNO3S. The van der Waals surface area contributed by atoms with Gasteiger partial charge in [0.05, 0.1) is 17.6 Å². The third-order valence-electron chi connectivity index (χ3n) is 3.04. The molecule has 118 valence electrons. The van der Waals surface area contributed by atoms with Crippen LogP contribution in [0.1, 0.15) is 23.8 Å². The molecule has 1 aromatic carbocycles. The zero-order valence-electron chi connectivity index (χ0n) is 12.3. The number of hydrogen-bond acceptors (Lipinski definition) is 4. The number of anilines is 1. The fourth-order valence-electron chi connectivity index (χ4n) is 2.02. The summed E-state index contributed by atoms with van der Waals surface area (Å²) in [6.07, 6.45) is 1.05. The number of nitrogens with one attached hydrogen (secondary N) is 1. The van der Waals surface area contributed by atoms with E-state index in [1.807, 2.05) is 19.1 Å². The van der Waals surface area contributed by atoms with Gasteiger partial charge in [-0.25, -0.2) is 0 Å². The summed E-state index contributed by atoms with van der Waals surface area (Å²) in [6, 6.07) is 9.01. The lowest BCUT2D eigenvalue weighted by Gasteiger charge is -2.11. The molecule has 0 radical (unpaired) electrons. The van der Waals surface area contributed by atoms with Crippen LogP contribution in [0.3, 0.4) is 0 Å². The van der Waals surface area contributed by atoms with Crippen LogP contribution < -0.4 is 10.1 Å². The monoisotopic (exact) mass is 339 g/mol. The normalized spacial score (nSPS) is 10.5. The molecule has 0 atom stereocenters. The van der Waals surface area contributed by atoms with Crippen LogP contribution in [0.2, 0.25) is 4.34 Å². The lowest BCUT2D eigenvalue weighted by molar-refractivity contribution is -0.116. The van der Waals surface area contributed by atoms with Crippen molar-refractivity contribution in [3.63, 3.8) is 0 Å². The van der Waals surface area contributed by atoms with Gasteiger partial charge >= 0.3 is 0 Å². The Hall–Kier alpha value is -1.56. The van der Waals surface area contributed by atoms with E-state index in [-0.39, 0.29) is 12.5 Å². The maximum Gasteiger partial charge on any atom is 0.224 e. The molecule has 0 saturated carbocycles. The number of amides is 1. The molecule has 0 spiro atoms. The number of aliphatic hydroxyl groups excluding tert-OH is 1. The van der Waals surface area contributed by atoms with E-state index in [0.717, 1.165) is 9.21 Å². The van der Waals surface area contributed by atoms with Gasteiger partial charge in [0, 0.05) is 22.5 Å². The van der Waals surface area contributed by atoms with E-state index in [9.17, 15) is 9.90 Å². The summed E-state index contributed by atoms with van der Waals surface area (Å²) >= 11 is 7.35. The highest BCUT2D eigenvalue weighted by Crippen LogP contribution is 2.24. The molecule has 2 aromatic rings. The largest absolute Gasteiger partial charge is 0.494 e. The lowest BCUT2D eigenvalue weighted by atomic mass is 10.1. The molecule has 2 rings (SSSR count). The van der Waals surface area contributed by atoms with Crippen molar-refractivity contribution >= 4 is 34.5 Å². The van der Waals surface area contributed by atoms with Crippen molar-refractivity contribution in [2.45, 2.75) is 26.4 Å². The van der Waals surface area contributed by atoms with Crippen LogP contribution in [0.15, 0.2) is 30.3 Å². The predicted octanol–water partition coefficient (Wildman–Crippen LogP) is 3.86. The number of aryl methyl sites for hydroxylation is 1. The number of carbonyl (C=O) groups excluding carboxylic acids is 1. The first-order valence-electron chi connectivity index (χ1n) is 7.03. The molecule has 1 amide bonds. The van der Waals surface area contributed by atoms with E-state index in [2.05, 4.69) is 5.32 Å². The average molecular weight is 340 g/mol. The van der Waals surface area contributed by atoms with Crippen molar-refractivity contribution in [2.75, 3.05) is 11.9 Å². The quantitative estimate of drug-likeness (QED) is 0.805. The highest BCUT2D eigenvalue weighted by molar-refractivity contribution is 7.16. The Morgan fingerprint density at radius 2 is 2.18 bits per heavy atom. The minimum Gasteiger partial charge on any atom is -0.494 e. The van der Waals surface area contributed by atoms with E-state index in [1.165, 1.54) is 11.3 Å². The molecule has 0 bridgehead atoms. The van der Waals surface area contributed by atoms with Crippen molar-refractivity contribution in [3.8, 4) is 5.75 Å². The fourth-order valence-corrected chi connectivity index (χ4v) is 3.11. The highest BCUT2D eigenvalue weighted by Gasteiger charge is 2.08. The SMILES string of the molecule is CCOc1ccc(NC(=O)CCc2ccc(Cl)s2)cc1CO. The molecule has 4 nitrogen and oxygen atoms in total. The van der Waals surface area contributed by atoms with Crippen LogP contribution in [0.4, 0.5) is 5.69 Å². The standard InChI is InChI=1S/C16H18ClNO3S/c1-2-21-14-6-3-12(9-11(14)10-19)18-16(20)8-5-13-4-7-15(17)22-13/h3-4,6-7,9,19H,2,5,8,10H2,1H3,(H,18,20). The van der Waals surface area contributed by atoms with Gasteiger partial charge in [-0.15, -0.1) is 11.3 Å². The molecule has 0 aliphatic heterocycles. The fraction of sp³-hybridized carbons (Fsp3) is 0.312. The van der Waals surface area contributed by atoms with Gasteiger partial charge in [0.25, 0.3) is 0 Å². The summed E-state index contributed by atoms with van der Waals surface area (Å²) in [5.41, 5.74) is 1.31. The molecule has 0 aliphatic carbocycles. The Labute approximate surface area is 138 Å². The van der Waals surface area contributed by atoms with E-state index in [4.69, 9.17) is 16.3 Å². The summed E-state index contributed by atoms with van der Waals surface area (Å²) < 4.78 is 6.14. The molecule has 2 N–H and O–H groups in total. The number of benzene rings is 1. The summed E-state index contributed by atoms with van der Waals surface area (Å²) in [7, 11) is 0. The van der Waals surface area contributed by atoms with E-state index in [1.54, 1.807) is 18.2 Å². The van der Waals surface area contributed by atoms with E-state index < -0.39 is 0 Å². The average Bonchev–Trinajstić information content (AvgIpc) is 2.92. The maximum atomic E-state index is 12.0. The number of ether oxygens (including phenoxy) is 1. The van der Waals surface area contributed by atoms with E-state index >= 15 is 0 Å². The molecule has 1 heterocycles. The predicted molar refractivity (Wildman–Crippen MR) is 89.8 cm³/mol. The molecule has 0 fully saturated rings. The number of hydrogen-bond donors (Lipinski definition) is 2. The minimum absolute atomic E-state index is 0.0717. The van der Waals surface area contributed by atoms with Crippen molar-refractivity contribution in [1.29, 1.82) is 0 Å². The van der Waals surface area contributed by atoms with E-state index in [0.29, 0.717) is 36.4 Å². The Morgan fingerprint density at radius 3 is 2.82 bits per heavy atom. The number of aliphatic hydroxyl groups is 1. The smallest absolute Gasteiger partial charge is 0.224 e. The minimum atomic E-state index is -0.132. The molecule has 0 saturated heterocycles. The zero-order chi connectivity index (χ0) is 15.9. The van der Waals surface area contributed by atoms with Gasteiger partial charge in [-0.3, -0.25) is 4.79 Å². The number of rotatable bonds is 7. The highest BCUT2D eigenvalue weighted by atomic mass is 35.5. The lowest BCUT2D eigenvalue weighted by Crippen LogP contribution is -2.12. The third-order valence-corrected chi connectivity index (χ3v) is 4.33. The Balaban J connectivity index is 1.93. The first kappa shape index (κ1) is 16.8. The molecule has 22 heavy (non-hydrogen) atoms. The zero-order valence-corrected chi connectivity index (χ0v) is 13.8. The third kappa shape index (κ3) is 4.73. The van der Waals surface area contributed by atoms with Gasteiger partial charge in [-0.2, -0.15) is 0 Å².